The van der Waals surface area contributed by atoms with Crippen LogP contribution in [-0.2, 0) is 14.3 Å². The highest BCUT2D eigenvalue weighted by atomic mass is 35.5. The number of carbonyl (C=O) groups excluding carboxylic acids is 3. The molecule has 1 heterocycles. The summed E-state index contributed by atoms with van der Waals surface area (Å²) in [5.74, 6) is -6.83. The first-order chi connectivity index (χ1) is 15.4. The van der Waals surface area contributed by atoms with Gasteiger partial charge in [-0.3, -0.25) is 19.2 Å². The van der Waals surface area contributed by atoms with E-state index in [1.54, 1.807) is 32.9 Å². The maximum Gasteiger partial charge on any atom is 0.311 e. The Bertz CT molecular complexity index is 1170. The summed E-state index contributed by atoms with van der Waals surface area (Å²) in [7, 11) is 0. The number of carbonyl (C=O) groups is 4. The normalized spacial score (nSPS) is 23.6. The largest absolute Gasteiger partial charge is 0.481 e. The Morgan fingerprint density at radius 3 is 2.06 bits per heavy atom. The van der Waals surface area contributed by atoms with E-state index in [9.17, 15) is 24.3 Å². The molecule has 2 aliphatic rings. The number of ketones is 2. The second kappa shape index (κ2) is 7.94. The van der Waals surface area contributed by atoms with Crippen LogP contribution in [0.3, 0.4) is 0 Å². The van der Waals surface area contributed by atoms with E-state index in [2.05, 4.69) is 5.32 Å². The van der Waals surface area contributed by atoms with Crippen LogP contribution in [0.15, 0.2) is 42.5 Å². The molecule has 7 nitrogen and oxygen atoms in total. The number of ether oxygens (including phenoxy) is 1. The fourth-order valence-corrected chi connectivity index (χ4v) is 4.89. The molecular formula is C24H21Cl2NO6. The highest BCUT2D eigenvalue weighted by Crippen LogP contribution is 2.54. The van der Waals surface area contributed by atoms with E-state index in [0.29, 0.717) is 5.56 Å². The molecule has 3 atom stereocenters. The van der Waals surface area contributed by atoms with Gasteiger partial charge in [0, 0.05) is 16.7 Å². The van der Waals surface area contributed by atoms with Crippen molar-refractivity contribution in [1.29, 1.82) is 0 Å². The summed E-state index contributed by atoms with van der Waals surface area (Å²) in [5.41, 5.74) is -2.60. The molecule has 0 saturated carbocycles. The van der Waals surface area contributed by atoms with Crippen molar-refractivity contribution in [3.63, 3.8) is 0 Å². The molecule has 2 aromatic rings. The first kappa shape index (κ1) is 23.4. The molecule has 1 aliphatic carbocycles. The van der Waals surface area contributed by atoms with Gasteiger partial charge in [-0.1, -0.05) is 53.5 Å². The Morgan fingerprint density at radius 2 is 1.58 bits per heavy atom. The lowest BCUT2D eigenvalue weighted by atomic mass is 9.75. The van der Waals surface area contributed by atoms with E-state index < -0.39 is 52.5 Å². The van der Waals surface area contributed by atoms with Crippen molar-refractivity contribution >= 4 is 46.6 Å². The molecule has 1 fully saturated rings. The molecule has 0 bridgehead atoms. The lowest BCUT2D eigenvalue weighted by Gasteiger charge is -2.28. The highest BCUT2D eigenvalue weighted by Gasteiger charge is 2.71. The molecule has 2 aromatic carbocycles. The summed E-state index contributed by atoms with van der Waals surface area (Å²) in [6.45, 7) is 5.21. The summed E-state index contributed by atoms with van der Waals surface area (Å²) >= 11 is 12.2. The zero-order valence-electron chi connectivity index (χ0n) is 18.0. The van der Waals surface area contributed by atoms with E-state index in [4.69, 9.17) is 27.9 Å². The fraction of sp³-hybridized carbons (Fsp3) is 0.333. The molecule has 1 spiro atoms. The minimum Gasteiger partial charge on any atom is -0.481 e. The number of hydrogen-bond donors (Lipinski definition) is 2. The van der Waals surface area contributed by atoms with Crippen LogP contribution in [0.2, 0.25) is 10.0 Å². The molecule has 1 amide bonds. The second-order valence-electron chi connectivity index (χ2n) is 9.23. The molecule has 2 N–H and O–H groups in total. The smallest absolute Gasteiger partial charge is 0.311 e. The third kappa shape index (κ3) is 3.64. The SMILES string of the molecule is CC(C)(C)NC(=O)C1C(c2ccc(Cl)c(Cl)c2)OC2(C(=O)c3ccccc3C2=O)C1C(=O)O. The molecule has 172 valence electrons. The lowest BCUT2D eigenvalue weighted by Crippen LogP contribution is -2.54. The summed E-state index contributed by atoms with van der Waals surface area (Å²) in [6.07, 6.45) is -1.23. The number of nitrogens with one attached hydrogen (secondary N) is 1. The minimum absolute atomic E-state index is 0.0681. The summed E-state index contributed by atoms with van der Waals surface area (Å²) in [5, 5.41) is 13.4. The average molecular weight is 490 g/mol. The highest BCUT2D eigenvalue weighted by molar-refractivity contribution is 6.42. The Balaban J connectivity index is 1.92. The monoisotopic (exact) mass is 489 g/mol. The zero-order chi connectivity index (χ0) is 24.3. The number of rotatable bonds is 3. The van der Waals surface area contributed by atoms with Gasteiger partial charge < -0.3 is 15.2 Å². The Labute approximate surface area is 200 Å². The van der Waals surface area contributed by atoms with E-state index in [-0.39, 0.29) is 21.2 Å². The van der Waals surface area contributed by atoms with E-state index in [1.165, 1.54) is 30.3 Å². The van der Waals surface area contributed by atoms with E-state index >= 15 is 0 Å². The second-order valence-corrected chi connectivity index (χ2v) is 10.0. The number of amides is 1. The van der Waals surface area contributed by atoms with Crippen LogP contribution in [0.4, 0.5) is 0 Å². The number of carboxylic acids is 1. The van der Waals surface area contributed by atoms with Crippen LogP contribution in [0.25, 0.3) is 0 Å². The van der Waals surface area contributed by atoms with Crippen molar-refractivity contribution in [1.82, 2.24) is 5.32 Å². The Kier molecular flexibility index (Phi) is 5.63. The van der Waals surface area contributed by atoms with Crippen LogP contribution in [-0.4, -0.2) is 39.7 Å². The van der Waals surface area contributed by atoms with Crippen molar-refractivity contribution < 1.29 is 29.0 Å². The minimum atomic E-state index is -2.37. The molecule has 1 aliphatic heterocycles. The summed E-state index contributed by atoms with van der Waals surface area (Å²) < 4.78 is 6.08. The standard InChI is InChI=1S/C24H21Cl2NO6/c1-23(2,3)27-21(30)16-17(22(31)32)24(19(28)12-6-4-5-7-13(12)20(24)29)33-18(16)11-8-9-14(25)15(26)10-11/h4-10,16-18H,1-3H3,(H,27,30)(H,31,32). The van der Waals surface area contributed by atoms with E-state index in [0.717, 1.165) is 0 Å². The summed E-state index contributed by atoms with van der Waals surface area (Å²) in [6, 6.07) is 10.5. The van der Waals surface area contributed by atoms with Crippen molar-refractivity contribution in [3.8, 4) is 0 Å². The number of fused-ring (bicyclic) bond motifs is 1. The van der Waals surface area contributed by atoms with Crippen molar-refractivity contribution in [2.75, 3.05) is 0 Å². The van der Waals surface area contributed by atoms with Crippen LogP contribution in [0.5, 0.6) is 0 Å². The molecule has 1 saturated heterocycles. The third-order valence-corrected chi connectivity index (χ3v) is 6.61. The number of benzene rings is 2. The Hall–Kier alpha value is -2.74. The first-order valence-electron chi connectivity index (χ1n) is 10.2. The van der Waals surface area contributed by atoms with Crippen molar-refractivity contribution in [3.05, 3.63) is 69.2 Å². The van der Waals surface area contributed by atoms with Gasteiger partial charge in [0.2, 0.25) is 23.1 Å². The van der Waals surface area contributed by atoms with Crippen molar-refractivity contribution in [2.45, 2.75) is 38.0 Å². The van der Waals surface area contributed by atoms with Gasteiger partial charge in [0.05, 0.1) is 22.1 Å². The summed E-state index contributed by atoms with van der Waals surface area (Å²) in [4.78, 5) is 53.0. The van der Waals surface area contributed by atoms with Crippen LogP contribution in [0.1, 0.15) is 53.2 Å². The van der Waals surface area contributed by atoms with Crippen LogP contribution >= 0.6 is 23.2 Å². The van der Waals surface area contributed by atoms with E-state index in [1.807, 2.05) is 0 Å². The van der Waals surface area contributed by atoms with Gasteiger partial charge in [-0.25, -0.2) is 0 Å². The van der Waals surface area contributed by atoms with Gasteiger partial charge in [0.15, 0.2) is 0 Å². The van der Waals surface area contributed by atoms with Crippen LogP contribution < -0.4 is 5.32 Å². The Morgan fingerprint density at radius 1 is 1.00 bits per heavy atom. The van der Waals surface area contributed by atoms with Crippen LogP contribution in [0, 0.1) is 11.8 Å². The fourth-order valence-electron chi connectivity index (χ4n) is 4.58. The number of Topliss-reactive ketones (excluding diaryl/α,β-unsaturated/α-hetero) is 2. The molecule has 4 rings (SSSR count). The number of carboxylic acid groups (broad SMARTS) is 1. The number of halogens is 2. The molecular weight excluding hydrogens is 469 g/mol. The van der Waals surface area contributed by atoms with Gasteiger partial charge >= 0.3 is 5.97 Å². The molecule has 0 aromatic heterocycles. The van der Waals surface area contributed by atoms with Gasteiger partial charge in [-0.05, 0) is 38.5 Å². The molecule has 33 heavy (non-hydrogen) atoms. The van der Waals surface area contributed by atoms with Gasteiger partial charge in [-0.15, -0.1) is 0 Å². The first-order valence-corrected chi connectivity index (χ1v) is 11.0. The average Bonchev–Trinajstić information content (AvgIpc) is 3.20. The molecule has 9 heteroatoms. The zero-order valence-corrected chi connectivity index (χ0v) is 19.5. The van der Waals surface area contributed by atoms with Gasteiger partial charge in [0.25, 0.3) is 0 Å². The lowest BCUT2D eigenvalue weighted by molar-refractivity contribution is -0.148. The number of aliphatic carboxylic acids is 1. The predicted octanol–water partition coefficient (Wildman–Crippen LogP) is 4.11. The number of hydrogen-bond acceptors (Lipinski definition) is 5. The predicted molar refractivity (Wildman–Crippen MR) is 121 cm³/mol. The third-order valence-electron chi connectivity index (χ3n) is 5.87. The van der Waals surface area contributed by atoms with Gasteiger partial charge in [-0.2, -0.15) is 0 Å². The van der Waals surface area contributed by atoms with Gasteiger partial charge in [0.1, 0.15) is 5.92 Å². The molecule has 0 radical (unpaired) electrons. The molecule has 3 unspecified atom stereocenters. The van der Waals surface area contributed by atoms with Crippen molar-refractivity contribution in [2.24, 2.45) is 11.8 Å². The maximum absolute atomic E-state index is 13.5. The maximum atomic E-state index is 13.5. The quantitative estimate of drug-likeness (QED) is 0.627. The topological polar surface area (TPSA) is 110 Å².